The molecular formula is C50H62N4O6. The summed E-state index contributed by atoms with van der Waals surface area (Å²) < 4.78 is 12.6. The van der Waals surface area contributed by atoms with E-state index in [4.69, 9.17) is 15.9 Å². The molecule has 10 nitrogen and oxygen atoms in total. The number of hydrogen-bond donors (Lipinski definition) is 2. The summed E-state index contributed by atoms with van der Waals surface area (Å²) in [7, 11) is 0. The molecule has 1 heterocycles. The number of carbonyl (C=O) groups is 4. The van der Waals surface area contributed by atoms with E-state index < -0.39 is 35.2 Å². The van der Waals surface area contributed by atoms with Crippen LogP contribution in [0.3, 0.4) is 0 Å². The lowest BCUT2D eigenvalue weighted by Gasteiger charge is -2.29. The number of rotatable bonds is 14. The van der Waals surface area contributed by atoms with Crippen LogP contribution in [0.15, 0.2) is 109 Å². The van der Waals surface area contributed by atoms with Gasteiger partial charge in [0.05, 0.1) is 19.5 Å². The van der Waals surface area contributed by atoms with E-state index in [2.05, 4.69) is 64.9 Å². The highest BCUT2D eigenvalue weighted by molar-refractivity contribution is 5.93. The molecule has 318 valence electrons. The molecule has 60 heavy (non-hydrogen) atoms. The van der Waals surface area contributed by atoms with Gasteiger partial charge in [-0.25, -0.2) is 9.78 Å². The van der Waals surface area contributed by atoms with Gasteiger partial charge >= 0.3 is 6.09 Å². The summed E-state index contributed by atoms with van der Waals surface area (Å²) in [5.74, 6) is 2.46. The number of alkyl carbamates (subject to hydrolysis) is 1. The first-order chi connectivity index (χ1) is 28.6. The van der Waals surface area contributed by atoms with Crippen molar-refractivity contribution in [3.8, 4) is 12.3 Å². The number of amides is 2. The molecule has 0 saturated heterocycles. The molecule has 0 bridgehead atoms. The average molecular weight is 815 g/mol. The second kappa shape index (κ2) is 22.5. The van der Waals surface area contributed by atoms with Crippen molar-refractivity contribution in [2.24, 2.45) is 11.8 Å². The Morgan fingerprint density at radius 2 is 1.48 bits per heavy atom. The Labute approximate surface area is 356 Å². The van der Waals surface area contributed by atoms with E-state index in [0.717, 1.165) is 49.7 Å². The number of ether oxygens (including phenoxy) is 2. The third-order valence-corrected chi connectivity index (χ3v) is 10.5. The number of imidazole rings is 1. The van der Waals surface area contributed by atoms with Gasteiger partial charge in [0, 0.05) is 12.1 Å². The van der Waals surface area contributed by atoms with E-state index in [0.29, 0.717) is 18.2 Å². The molecule has 2 amide bonds. The summed E-state index contributed by atoms with van der Waals surface area (Å²) in [6.45, 7) is 12.1. The van der Waals surface area contributed by atoms with E-state index in [1.165, 1.54) is 31.9 Å². The molecule has 1 saturated carbocycles. The fraction of sp³-hybridized carbons (Fsp3) is 0.420. The quantitative estimate of drug-likeness (QED) is 0.122. The number of hydrogen-bond acceptors (Lipinski definition) is 7. The molecule has 3 aromatic carbocycles. The predicted octanol–water partition coefficient (Wildman–Crippen LogP) is 9.29. The number of nitrogens with one attached hydrogen (secondary N) is 2. The van der Waals surface area contributed by atoms with Crippen LogP contribution in [-0.4, -0.2) is 56.9 Å². The number of terminal acetylenes is 1. The minimum atomic E-state index is -1.25. The number of nitrogens with zero attached hydrogens (tertiary/aromatic N) is 2. The Balaban J connectivity index is 0.000000271. The summed E-state index contributed by atoms with van der Waals surface area (Å²) in [5.41, 5.74) is 3.39. The van der Waals surface area contributed by atoms with Crippen molar-refractivity contribution < 1.29 is 28.7 Å². The van der Waals surface area contributed by atoms with E-state index in [1.807, 2.05) is 65.2 Å². The van der Waals surface area contributed by atoms with E-state index in [1.54, 1.807) is 33.3 Å². The lowest BCUT2D eigenvalue weighted by Crippen LogP contribution is -2.58. The number of carbonyl (C=O) groups excluding carboxylic acids is 4. The van der Waals surface area contributed by atoms with Crippen LogP contribution in [-0.2, 0) is 30.5 Å². The van der Waals surface area contributed by atoms with Crippen molar-refractivity contribution in [3.05, 3.63) is 131 Å². The van der Waals surface area contributed by atoms with Gasteiger partial charge in [-0.05, 0) is 109 Å². The van der Waals surface area contributed by atoms with Crippen molar-refractivity contribution in [2.75, 3.05) is 6.61 Å². The van der Waals surface area contributed by atoms with Gasteiger partial charge in [-0.3, -0.25) is 14.4 Å². The summed E-state index contributed by atoms with van der Waals surface area (Å²) in [6.07, 6.45) is 17.3. The van der Waals surface area contributed by atoms with Crippen LogP contribution in [0.4, 0.5) is 4.79 Å². The topological polar surface area (TPSA) is 129 Å². The number of allylic oxidation sites excluding steroid dienone is 1. The monoisotopic (exact) mass is 814 g/mol. The van der Waals surface area contributed by atoms with Gasteiger partial charge in [0.1, 0.15) is 28.9 Å². The van der Waals surface area contributed by atoms with Crippen LogP contribution < -0.4 is 10.6 Å². The molecule has 0 radical (unpaired) electrons. The van der Waals surface area contributed by atoms with Crippen molar-refractivity contribution in [2.45, 2.75) is 117 Å². The zero-order chi connectivity index (χ0) is 43.7. The van der Waals surface area contributed by atoms with Crippen molar-refractivity contribution in [3.63, 3.8) is 0 Å². The Bertz CT molecular complexity index is 2050. The van der Waals surface area contributed by atoms with Crippen LogP contribution in [0.25, 0.3) is 6.08 Å². The zero-order valence-electron chi connectivity index (χ0n) is 36.3. The van der Waals surface area contributed by atoms with Crippen molar-refractivity contribution in [1.82, 2.24) is 20.2 Å². The fourth-order valence-electron chi connectivity index (χ4n) is 7.12. The average Bonchev–Trinajstić information content (AvgIpc) is 3.67. The van der Waals surface area contributed by atoms with Crippen LogP contribution in [0.1, 0.15) is 115 Å². The SMILES string of the molecule is C#Cc1cn(C(C(=O)C(C)C2CCCC(=Cc3ccccc3)CCC2)c2ccccc2)cn1.CC(=O)[C@@H](COCc1ccccc1)NC(=O)C(C)(C)NC(=O)OC(C)(C)C. The maximum absolute atomic E-state index is 13.8. The van der Waals surface area contributed by atoms with Gasteiger partial charge in [0.25, 0.3) is 0 Å². The molecule has 1 aliphatic carbocycles. The third-order valence-electron chi connectivity index (χ3n) is 10.5. The number of benzene rings is 3. The predicted molar refractivity (Wildman–Crippen MR) is 237 cm³/mol. The minimum absolute atomic E-state index is 0.0217. The largest absolute Gasteiger partial charge is 0.444 e. The normalized spacial score (nSPS) is 15.9. The molecule has 1 aromatic heterocycles. The highest BCUT2D eigenvalue weighted by atomic mass is 16.6. The number of ketones is 2. The smallest absolute Gasteiger partial charge is 0.408 e. The third kappa shape index (κ3) is 15.1. The first-order valence-corrected chi connectivity index (χ1v) is 20.8. The van der Waals surface area contributed by atoms with Gasteiger partial charge in [-0.1, -0.05) is 110 Å². The second-order valence-corrected chi connectivity index (χ2v) is 17.0. The summed E-state index contributed by atoms with van der Waals surface area (Å²) >= 11 is 0. The molecule has 0 aliphatic heterocycles. The van der Waals surface area contributed by atoms with Gasteiger partial charge in [0.15, 0.2) is 11.6 Å². The maximum Gasteiger partial charge on any atom is 0.408 e. The molecule has 1 aliphatic rings. The Kier molecular flexibility index (Phi) is 17.6. The molecule has 2 N–H and O–H groups in total. The molecule has 10 heteroatoms. The molecule has 0 spiro atoms. The molecular weight excluding hydrogens is 753 g/mol. The fourth-order valence-corrected chi connectivity index (χ4v) is 7.12. The Morgan fingerprint density at radius 3 is 2.03 bits per heavy atom. The second-order valence-electron chi connectivity index (χ2n) is 17.0. The van der Waals surface area contributed by atoms with Crippen LogP contribution >= 0.6 is 0 Å². The summed E-state index contributed by atoms with van der Waals surface area (Å²) in [5, 5.41) is 5.14. The highest BCUT2D eigenvalue weighted by Crippen LogP contribution is 2.35. The highest BCUT2D eigenvalue weighted by Gasteiger charge is 2.34. The van der Waals surface area contributed by atoms with Gasteiger partial charge in [0.2, 0.25) is 5.91 Å². The Hall–Kier alpha value is -5.79. The van der Waals surface area contributed by atoms with Gasteiger partial charge < -0.3 is 24.7 Å². The van der Waals surface area contributed by atoms with Gasteiger partial charge in [-0.2, -0.15) is 0 Å². The molecule has 1 fully saturated rings. The van der Waals surface area contributed by atoms with Gasteiger partial charge in [-0.15, -0.1) is 6.42 Å². The van der Waals surface area contributed by atoms with Crippen LogP contribution in [0.5, 0.6) is 0 Å². The first kappa shape index (κ1) is 46.9. The lowest BCUT2D eigenvalue weighted by atomic mass is 9.77. The standard InChI is InChI=1S/C30H32N2O.C20H30N2O5/c1-3-28-21-32(22-31-28)29(27-16-8-5-9-17-27)30(33)23(2)26-18-10-14-25(15-11-19-26)20-24-12-6-4-7-13-24;1-14(23)16(13-26-12-15-10-8-7-9-11-15)21-17(24)20(5,6)22-18(25)27-19(2,3)4/h1,4-9,12-13,16-17,20-23,26,29H,10-11,14-15,18-19H2,2H3;7-11,16H,12-13H2,1-6H3,(H,21,24)(H,22,25)/t;16-/m.1/s1. The van der Waals surface area contributed by atoms with Crippen molar-refractivity contribution >= 4 is 29.6 Å². The van der Waals surface area contributed by atoms with E-state index >= 15 is 0 Å². The van der Waals surface area contributed by atoms with Crippen LogP contribution in [0.2, 0.25) is 0 Å². The molecule has 2 unspecified atom stereocenters. The van der Waals surface area contributed by atoms with Crippen LogP contribution in [0, 0.1) is 24.2 Å². The zero-order valence-corrected chi connectivity index (χ0v) is 36.3. The number of Topliss-reactive ketones (excluding diaryl/α,β-unsaturated/α-hetero) is 2. The molecule has 3 atom stereocenters. The molecule has 5 rings (SSSR count). The van der Waals surface area contributed by atoms with E-state index in [9.17, 15) is 19.2 Å². The lowest BCUT2D eigenvalue weighted by molar-refractivity contribution is -0.131. The first-order valence-electron chi connectivity index (χ1n) is 20.8. The molecule has 4 aromatic rings. The Morgan fingerprint density at radius 1 is 0.900 bits per heavy atom. The van der Waals surface area contributed by atoms with E-state index in [-0.39, 0.29) is 24.1 Å². The minimum Gasteiger partial charge on any atom is -0.444 e. The van der Waals surface area contributed by atoms with Crippen molar-refractivity contribution in [1.29, 1.82) is 0 Å². The number of aromatic nitrogens is 2. The summed E-state index contributed by atoms with van der Waals surface area (Å²) in [4.78, 5) is 54.4. The summed E-state index contributed by atoms with van der Waals surface area (Å²) in [6, 6.07) is 28.9. The maximum atomic E-state index is 13.8.